The Morgan fingerprint density at radius 3 is 2.38 bits per heavy atom. The maximum absolute atomic E-state index is 13.3. The van der Waals surface area contributed by atoms with Gasteiger partial charge >= 0.3 is 11.9 Å². The minimum absolute atomic E-state index is 0.0277. The van der Waals surface area contributed by atoms with Crippen molar-refractivity contribution in [1.29, 1.82) is 0 Å². The fourth-order valence-electron chi connectivity index (χ4n) is 9.10. The molecule has 11 heteroatoms. The van der Waals surface area contributed by atoms with Crippen LogP contribution in [0.15, 0.2) is 0 Å². The second kappa shape index (κ2) is 8.84. The molecule has 11 nitrogen and oxygen atoms in total. The van der Waals surface area contributed by atoms with Crippen molar-refractivity contribution in [3.8, 4) is 0 Å². The summed E-state index contributed by atoms with van der Waals surface area (Å²) in [5.41, 5.74) is -4.05. The van der Waals surface area contributed by atoms with Crippen LogP contribution in [0.2, 0.25) is 0 Å². The van der Waals surface area contributed by atoms with Crippen LogP contribution in [0, 0.1) is 40.4 Å². The van der Waals surface area contributed by atoms with Crippen molar-refractivity contribution in [2.75, 3.05) is 13.7 Å². The molecule has 3 aliphatic carbocycles. The summed E-state index contributed by atoms with van der Waals surface area (Å²) in [6, 6.07) is 0. The van der Waals surface area contributed by atoms with Crippen LogP contribution < -0.4 is 0 Å². The molecule has 0 radical (unpaired) electrons. The number of methoxy groups -OCH3 is 1. The number of aliphatic hydroxyl groups is 5. The van der Waals surface area contributed by atoms with E-state index in [9.17, 15) is 35.1 Å². The number of rotatable bonds is 4. The highest BCUT2D eigenvalue weighted by atomic mass is 16.7. The number of ether oxygens (including phenoxy) is 4. The van der Waals surface area contributed by atoms with Gasteiger partial charge in [0, 0.05) is 17.8 Å². The third kappa shape index (κ3) is 3.38. The normalized spacial score (nSPS) is 54.3. The summed E-state index contributed by atoms with van der Waals surface area (Å²) >= 11 is 0. The molecule has 2 saturated heterocycles. The van der Waals surface area contributed by atoms with E-state index in [1.54, 1.807) is 0 Å². The first kappa shape index (κ1) is 27.2. The van der Waals surface area contributed by atoms with E-state index in [-0.39, 0.29) is 37.2 Å². The quantitative estimate of drug-likeness (QED) is 0.293. The summed E-state index contributed by atoms with van der Waals surface area (Å²) in [6.07, 6.45) is -8.46. The summed E-state index contributed by atoms with van der Waals surface area (Å²) < 4.78 is 23.1. The number of carbonyl (C=O) groups is 2. The lowest BCUT2D eigenvalue weighted by molar-refractivity contribution is -0.359. The van der Waals surface area contributed by atoms with E-state index in [4.69, 9.17) is 18.9 Å². The molecule has 2 heterocycles. The number of fused-ring (bicyclic) bond motifs is 2. The Bertz CT molecular complexity index is 941. The molecule has 4 unspecified atom stereocenters. The van der Waals surface area contributed by atoms with E-state index in [0.717, 1.165) is 7.11 Å². The van der Waals surface area contributed by atoms with Gasteiger partial charge in [0.2, 0.25) is 5.60 Å². The van der Waals surface area contributed by atoms with E-state index in [0.29, 0.717) is 6.42 Å². The third-order valence-electron chi connectivity index (χ3n) is 10.4. The smallest absolute Gasteiger partial charge is 0.341 e. The molecule has 2 aliphatic heterocycles. The van der Waals surface area contributed by atoms with Crippen LogP contribution in [0.25, 0.3) is 0 Å². The number of esters is 2. The Kier molecular flexibility index (Phi) is 6.51. The van der Waals surface area contributed by atoms with Crippen LogP contribution in [0.3, 0.4) is 0 Å². The number of hydrogen-bond acceptors (Lipinski definition) is 11. The highest BCUT2D eigenvalue weighted by Crippen LogP contribution is 2.73. The van der Waals surface area contributed by atoms with Crippen molar-refractivity contribution in [3.63, 3.8) is 0 Å². The van der Waals surface area contributed by atoms with E-state index in [1.807, 2.05) is 27.7 Å². The minimum Gasteiger partial charge on any atom is -0.467 e. The molecule has 5 N–H and O–H groups in total. The second-order valence-corrected chi connectivity index (χ2v) is 12.6. The second-order valence-electron chi connectivity index (χ2n) is 12.6. The zero-order valence-corrected chi connectivity index (χ0v) is 21.9. The molecule has 37 heavy (non-hydrogen) atoms. The molecule has 5 aliphatic rings. The van der Waals surface area contributed by atoms with Gasteiger partial charge in [-0.3, -0.25) is 4.79 Å². The minimum atomic E-state index is -2.10. The van der Waals surface area contributed by atoms with Gasteiger partial charge in [-0.05, 0) is 36.0 Å². The first-order chi connectivity index (χ1) is 17.3. The van der Waals surface area contributed by atoms with Gasteiger partial charge in [-0.25, -0.2) is 4.79 Å². The fourth-order valence-corrected chi connectivity index (χ4v) is 9.10. The van der Waals surface area contributed by atoms with Gasteiger partial charge in [0.1, 0.15) is 6.10 Å². The Morgan fingerprint density at radius 2 is 1.76 bits per heavy atom. The van der Waals surface area contributed by atoms with Gasteiger partial charge in [-0.2, -0.15) is 0 Å². The van der Waals surface area contributed by atoms with Crippen LogP contribution in [-0.4, -0.2) is 99.7 Å². The lowest BCUT2D eigenvalue weighted by Gasteiger charge is -2.70. The first-order valence-electron chi connectivity index (χ1n) is 13.2. The highest BCUT2D eigenvalue weighted by Gasteiger charge is 2.84. The fraction of sp³-hybridized carbons (Fsp3) is 0.923. The predicted molar refractivity (Wildman–Crippen MR) is 124 cm³/mol. The van der Waals surface area contributed by atoms with Crippen molar-refractivity contribution in [1.82, 2.24) is 0 Å². The molecule has 2 bridgehead atoms. The number of aliphatic hydroxyl groups excluding tert-OH is 5. The lowest BCUT2D eigenvalue weighted by Crippen LogP contribution is -2.80. The maximum atomic E-state index is 13.3. The molecule has 0 aromatic heterocycles. The largest absolute Gasteiger partial charge is 0.467 e. The summed E-state index contributed by atoms with van der Waals surface area (Å²) in [4.78, 5) is 26.1. The summed E-state index contributed by atoms with van der Waals surface area (Å²) in [5.74, 6) is -4.03. The van der Waals surface area contributed by atoms with Gasteiger partial charge in [0.25, 0.3) is 0 Å². The average Bonchev–Trinajstić information content (AvgIpc) is 3.12. The van der Waals surface area contributed by atoms with Gasteiger partial charge in [0.05, 0.1) is 44.1 Å². The van der Waals surface area contributed by atoms with Gasteiger partial charge in [0.15, 0.2) is 12.4 Å². The Labute approximate surface area is 216 Å². The van der Waals surface area contributed by atoms with E-state index >= 15 is 0 Å². The molecule has 3 saturated carbocycles. The van der Waals surface area contributed by atoms with Gasteiger partial charge in [-0.1, -0.05) is 27.7 Å². The predicted octanol–water partition coefficient (Wildman–Crippen LogP) is -0.654. The van der Waals surface area contributed by atoms with Crippen LogP contribution in [0.5, 0.6) is 0 Å². The molecule has 0 aromatic carbocycles. The van der Waals surface area contributed by atoms with Crippen molar-refractivity contribution < 1.29 is 54.1 Å². The zero-order chi connectivity index (χ0) is 27.2. The maximum Gasteiger partial charge on any atom is 0.341 e. The van der Waals surface area contributed by atoms with Gasteiger partial charge in [-0.15, -0.1) is 0 Å². The van der Waals surface area contributed by atoms with Crippen LogP contribution in [0.1, 0.15) is 47.0 Å². The highest BCUT2D eigenvalue weighted by molar-refractivity contribution is 5.82. The molecule has 5 fully saturated rings. The molecule has 0 aromatic rings. The van der Waals surface area contributed by atoms with E-state index < -0.39 is 83.1 Å². The topological polar surface area (TPSA) is 172 Å². The molecular weight excluding hydrogens is 488 g/mol. The van der Waals surface area contributed by atoms with Crippen molar-refractivity contribution in [3.05, 3.63) is 0 Å². The SMILES string of the molecule is COC(=O)[C@@]12OC[C@]34[C@H]([C@@H](O)[C@@H]1O)[C@@]1(C)CC(O)C(O)C(C)[C@@H]1C[C@H]3OC(O)[C@H](OC(=O)CC(C)C)[C@@H]24. The van der Waals surface area contributed by atoms with Crippen LogP contribution in [-0.2, 0) is 28.5 Å². The zero-order valence-electron chi connectivity index (χ0n) is 21.9. The van der Waals surface area contributed by atoms with Crippen LogP contribution in [0.4, 0.5) is 0 Å². The summed E-state index contributed by atoms with van der Waals surface area (Å²) in [5, 5.41) is 55.9. The van der Waals surface area contributed by atoms with Crippen molar-refractivity contribution in [2.24, 2.45) is 40.4 Å². The summed E-state index contributed by atoms with van der Waals surface area (Å²) in [7, 11) is 1.14. The molecule has 0 amide bonds. The Morgan fingerprint density at radius 1 is 1.08 bits per heavy atom. The monoisotopic (exact) mass is 528 g/mol. The van der Waals surface area contributed by atoms with Gasteiger partial charge < -0.3 is 44.5 Å². The van der Waals surface area contributed by atoms with E-state index in [2.05, 4.69) is 0 Å². The Hall–Kier alpha value is -1.34. The summed E-state index contributed by atoms with van der Waals surface area (Å²) in [6.45, 7) is 7.32. The van der Waals surface area contributed by atoms with E-state index in [1.165, 1.54) is 0 Å². The number of carbonyl (C=O) groups excluding carboxylic acids is 2. The lowest BCUT2D eigenvalue weighted by atomic mass is 9.37. The molecular formula is C26H40O11. The molecule has 5 rings (SSSR count). The molecule has 210 valence electrons. The average molecular weight is 529 g/mol. The third-order valence-corrected chi connectivity index (χ3v) is 10.4. The molecule has 14 atom stereocenters. The number of hydrogen-bond donors (Lipinski definition) is 5. The molecule has 1 spiro atoms. The van der Waals surface area contributed by atoms with Crippen LogP contribution >= 0.6 is 0 Å². The van der Waals surface area contributed by atoms with Crippen molar-refractivity contribution >= 4 is 11.9 Å². The Balaban J connectivity index is 1.69. The van der Waals surface area contributed by atoms with Crippen molar-refractivity contribution in [2.45, 2.75) is 95.5 Å². The first-order valence-corrected chi connectivity index (χ1v) is 13.2. The standard InChI is InChI=1S/C26H40O11/c1-10(2)6-15(28)37-18-20-25-9-35-26(20,23(33)34-5)21(31)17(30)19(25)24(4)8-13(27)16(29)11(3)12(24)7-14(25)36-22(18)32/h10-14,16-22,27,29-32H,6-9H2,1-5H3/t11?,12-,13?,14+,16?,17+,18+,19+,20+,21-,22?,24-,25+,26-/m0/s1.